The number of rotatable bonds is 6. The van der Waals surface area contributed by atoms with Crippen molar-refractivity contribution in [3.8, 4) is 0 Å². The van der Waals surface area contributed by atoms with Gasteiger partial charge in [0.05, 0.1) is 12.6 Å². The maximum Gasteiger partial charge on any atom is 0.193 e. The zero-order valence-corrected chi connectivity index (χ0v) is 17.8. The lowest BCUT2D eigenvalue weighted by molar-refractivity contribution is 0.000983. The minimum absolute atomic E-state index is 0.447. The van der Waals surface area contributed by atoms with Gasteiger partial charge in [-0.05, 0) is 52.6 Å². The van der Waals surface area contributed by atoms with Crippen molar-refractivity contribution in [1.82, 2.24) is 20.0 Å². The second-order valence-electron chi connectivity index (χ2n) is 8.76. The van der Waals surface area contributed by atoms with Crippen LogP contribution in [-0.4, -0.2) is 99.3 Å². The summed E-state index contributed by atoms with van der Waals surface area (Å²) in [7, 11) is 4.44. The number of hydrogen-bond donors (Lipinski definition) is 1. The molecule has 3 aliphatic rings. The lowest BCUT2D eigenvalue weighted by Gasteiger charge is -2.38. The molecule has 0 aromatic carbocycles. The first-order chi connectivity index (χ1) is 13.2. The standard InChI is InChI=1S/C21H41N5O/c1-4-22-21(23-15-19-16-24(2)13-14-25(19)3)26-11-9-20(10-12-26)27-17-18-7-5-6-8-18/h18-20H,4-17H2,1-3H3,(H,22,23). The molecule has 2 aliphatic heterocycles. The maximum atomic E-state index is 6.24. The Morgan fingerprint density at radius 1 is 1.04 bits per heavy atom. The summed E-state index contributed by atoms with van der Waals surface area (Å²) in [6.45, 7) is 10.5. The van der Waals surface area contributed by atoms with E-state index in [0.717, 1.165) is 77.1 Å². The van der Waals surface area contributed by atoms with Crippen molar-refractivity contribution in [2.75, 3.05) is 66.5 Å². The van der Waals surface area contributed by atoms with Gasteiger partial charge in [-0.15, -0.1) is 0 Å². The molecule has 1 atom stereocenters. The van der Waals surface area contributed by atoms with Gasteiger partial charge in [0.15, 0.2) is 5.96 Å². The number of ether oxygens (including phenoxy) is 1. The number of piperazine rings is 1. The molecule has 1 unspecified atom stereocenters. The van der Waals surface area contributed by atoms with Crippen LogP contribution in [-0.2, 0) is 4.74 Å². The molecule has 0 radical (unpaired) electrons. The fourth-order valence-electron chi connectivity index (χ4n) is 4.60. The van der Waals surface area contributed by atoms with E-state index in [-0.39, 0.29) is 0 Å². The number of likely N-dealkylation sites (tertiary alicyclic amines) is 1. The molecule has 156 valence electrons. The van der Waals surface area contributed by atoms with E-state index in [1.807, 2.05) is 0 Å². The molecule has 3 fully saturated rings. The minimum Gasteiger partial charge on any atom is -0.378 e. The van der Waals surface area contributed by atoms with Crippen molar-refractivity contribution in [2.24, 2.45) is 10.9 Å². The first-order valence-electron chi connectivity index (χ1n) is 11.2. The Labute approximate surface area is 166 Å². The van der Waals surface area contributed by atoms with E-state index in [4.69, 9.17) is 9.73 Å². The first-order valence-corrected chi connectivity index (χ1v) is 11.2. The van der Waals surface area contributed by atoms with Gasteiger partial charge in [-0.25, -0.2) is 0 Å². The van der Waals surface area contributed by atoms with E-state index in [2.05, 4.69) is 41.0 Å². The topological polar surface area (TPSA) is 43.3 Å². The monoisotopic (exact) mass is 379 g/mol. The zero-order chi connectivity index (χ0) is 19.1. The highest BCUT2D eigenvalue weighted by molar-refractivity contribution is 5.80. The van der Waals surface area contributed by atoms with Crippen molar-refractivity contribution >= 4 is 5.96 Å². The average molecular weight is 380 g/mol. The van der Waals surface area contributed by atoms with Crippen LogP contribution in [0.4, 0.5) is 0 Å². The highest BCUT2D eigenvalue weighted by Gasteiger charge is 2.25. The molecular formula is C21H41N5O. The fourth-order valence-corrected chi connectivity index (χ4v) is 4.60. The molecule has 6 heteroatoms. The highest BCUT2D eigenvalue weighted by atomic mass is 16.5. The lowest BCUT2D eigenvalue weighted by atomic mass is 10.1. The summed E-state index contributed by atoms with van der Waals surface area (Å²) in [5, 5.41) is 3.51. The average Bonchev–Trinajstić information content (AvgIpc) is 3.20. The fraction of sp³-hybridized carbons (Fsp3) is 0.952. The van der Waals surface area contributed by atoms with E-state index < -0.39 is 0 Å². The van der Waals surface area contributed by atoms with Gasteiger partial charge in [0.25, 0.3) is 0 Å². The molecule has 6 nitrogen and oxygen atoms in total. The van der Waals surface area contributed by atoms with E-state index in [9.17, 15) is 0 Å². The molecule has 1 N–H and O–H groups in total. The summed E-state index contributed by atoms with van der Waals surface area (Å²) in [4.78, 5) is 12.3. The maximum absolute atomic E-state index is 6.24. The Bertz CT molecular complexity index is 457. The van der Waals surface area contributed by atoms with Crippen molar-refractivity contribution in [3.05, 3.63) is 0 Å². The van der Waals surface area contributed by atoms with Crippen LogP contribution in [0.15, 0.2) is 4.99 Å². The molecule has 27 heavy (non-hydrogen) atoms. The normalized spacial score (nSPS) is 27.4. The van der Waals surface area contributed by atoms with Gasteiger partial charge in [-0.2, -0.15) is 0 Å². The van der Waals surface area contributed by atoms with Crippen molar-refractivity contribution in [1.29, 1.82) is 0 Å². The van der Waals surface area contributed by atoms with Crippen LogP contribution in [0.25, 0.3) is 0 Å². The van der Waals surface area contributed by atoms with E-state index >= 15 is 0 Å². The molecule has 0 spiro atoms. The summed E-state index contributed by atoms with van der Waals surface area (Å²) in [6, 6.07) is 0.518. The largest absolute Gasteiger partial charge is 0.378 e. The predicted octanol–water partition coefficient (Wildman–Crippen LogP) is 1.87. The number of piperidine rings is 1. The molecule has 0 aromatic heterocycles. The Morgan fingerprint density at radius 3 is 2.48 bits per heavy atom. The summed E-state index contributed by atoms with van der Waals surface area (Å²) in [5.41, 5.74) is 0. The van der Waals surface area contributed by atoms with Crippen molar-refractivity contribution in [2.45, 2.75) is 57.6 Å². The highest BCUT2D eigenvalue weighted by Crippen LogP contribution is 2.26. The van der Waals surface area contributed by atoms with Crippen molar-refractivity contribution in [3.63, 3.8) is 0 Å². The first kappa shape index (κ1) is 20.9. The number of hydrogen-bond acceptors (Lipinski definition) is 4. The van der Waals surface area contributed by atoms with Gasteiger partial charge in [-0.3, -0.25) is 9.89 Å². The van der Waals surface area contributed by atoms with Crippen molar-refractivity contribution < 1.29 is 4.74 Å². The van der Waals surface area contributed by atoms with Gasteiger partial charge < -0.3 is 19.9 Å². The van der Waals surface area contributed by atoms with Gasteiger partial charge in [0, 0.05) is 51.9 Å². The molecule has 1 aliphatic carbocycles. The lowest BCUT2D eigenvalue weighted by Crippen LogP contribution is -2.52. The minimum atomic E-state index is 0.447. The van der Waals surface area contributed by atoms with Gasteiger partial charge in [0.1, 0.15) is 0 Å². The van der Waals surface area contributed by atoms with E-state index in [0.29, 0.717) is 12.1 Å². The van der Waals surface area contributed by atoms with Crippen LogP contribution in [0.5, 0.6) is 0 Å². The molecule has 0 amide bonds. The third-order valence-electron chi connectivity index (χ3n) is 6.55. The summed E-state index contributed by atoms with van der Waals surface area (Å²) in [5.74, 6) is 1.92. The van der Waals surface area contributed by atoms with Crippen LogP contribution < -0.4 is 5.32 Å². The second-order valence-corrected chi connectivity index (χ2v) is 8.76. The molecular weight excluding hydrogens is 338 g/mol. The zero-order valence-electron chi connectivity index (χ0n) is 17.8. The molecule has 0 bridgehead atoms. The number of guanidine groups is 1. The van der Waals surface area contributed by atoms with Crippen LogP contribution >= 0.6 is 0 Å². The Hall–Kier alpha value is -0.850. The SMILES string of the molecule is CCNC(=NCC1CN(C)CCN1C)N1CCC(OCC2CCCC2)CC1. The quantitative estimate of drug-likeness (QED) is 0.564. The molecule has 1 saturated carbocycles. The van der Waals surface area contributed by atoms with E-state index in [1.165, 1.54) is 25.7 Å². The molecule has 2 heterocycles. The Kier molecular flexibility index (Phi) is 8.22. The summed E-state index contributed by atoms with van der Waals surface area (Å²) in [6.07, 6.45) is 8.26. The van der Waals surface area contributed by atoms with Gasteiger partial charge in [-0.1, -0.05) is 12.8 Å². The smallest absolute Gasteiger partial charge is 0.193 e. The van der Waals surface area contributed by atoms with Gasteiger partial charge in [0.2, 0.25) is 0 Å². The third-order valence-corrected chi connectivity index (χ3v) is 6.55. The Balaban J connectivity index is 1.45. The van der Waals surface area contributed by atoms with Crippen LogP contribution in [0.3, 0.4) is 0 Å². The number of aliphatic imine (C=N–C) groups is 1. The number of likely N-dealkylation sites (N-methyl/N-ethyl adjacent to an activating group) is 2. The van der Waals surface area contributed by atoms with E-state index in [1.54, 1.807) is 0 Å². The summed E-state index contributed by atoms with van der Waals surface area (Å²) >= 11 is 0. The molecule has 2 saturated heterocycles. The Morgan fingerprint density at radius 2 is 1.78 bits per heavy atom. The molecule has 3 rings (SSSR count). The summed E-state index contributed by atoms with van der Waals surface area (Å²) < 4.78 is 6.24. The number of nitrogens with one attached hydrogen (secondary N) is 1. The van der Waals surface area contributed by atoms with Crippen LogP contribution in [0.1, 0.15) is 45.4 Å². The predicted molar refractivity (Wildman–Crippen MR) is 112 cm³/mol. The van der Waals surface area contributed by atoms with Crippen LogP contribution in [0, 0.1) is 5.92 Å². The van der Waals surface area contributed by atoms with Crippen LogP contribution in [0.2, 0.25) is 0 Å². The molecule has 0 aromatic rings. The second kappa shape index (κ2) is 10.6. The number of nitrogens with zero attached hydrogens (tertiary/aromatic N) is 4. The van der Waals surface area contributed by atoms with Gasteiger partial charge >= 0.3 is 0 Å². The third kappa shape index (κ3) is 6.33.